The van der Waals surface area contributed by atoms with Gasteiger partial charge in [-0.1, -0.05) is 13.5 Å². The van der Waals surface area contributed by atoms with Crippen LogP contribution in [-0.4, -0.2) is 12.7 Å². The minimum absolute atomic E-state index is 0.184. The van der Waals surface area contributed by atoms with Crippen LogP contribution in [0.15, 0.2) is 24.8 Å². The molecular weight excluding hydrogens is 210 g/mol. The fraction of sp³-hybridized carbons (Fsp3) is 0.385. The maximum atomic E-state index is 13.4. The van der Waals surface area contributed by atoms with E-state index in [-0.39, 0.29) is 11.7 Å². The van der Waals surface area contributed by atoms with Crippen molar-refractivity contribution < 1.29 is 13.5 Å². The Morgan fingerprint density at radius 2 is 2.12 bits per heavy atom. The molecule has 0 bridgehead atoms. The number of hydrogen-bond acceptors (Lipinski definition) is 1. The van der Waals surface area contributed by atoms with Crippen molar-refractivity contribution >= 4 is 5.57 Å². The Morgan fingerprint density at radius 3 is 2.75 bits per heavy atom. The molecule has 0 saturated carbocycles. The van der Waals surface area contributed by atoms with Crippen LogP contribution in [0.3, 0.4) is 0 Å². The third-order valence-corrected chi connectivity index (χ3v) is 2.34. The molecule has 0 radical (unpaired) electrons. The number of benzene rings is 1. The Labute approximate surface area is 94.7 Å². The van der Waals surface area contributed by atoms with Crippen molar-refractivity contribution in [2.45, 2.75) is 26.4 Å². The summed E-state index contributed by atoms with van der Waals surface area (Å²) in [6.45, 7) is 8.09. The van der Waals surface area contributed by atoms with E-state index < -0.39 is 11.6 Å². The molecule has 0 spiro atoms. The lowest BCUT2D eigenvalue weighted by molar-refractivity contribution is 0.104. The van der Waals surface area contributed by atoms with Gasteiger partial charge in [-0.3, -0.25) is 0 Å². The van der Waals surface area contributed by atoms with Crippen LogP contribution in [0.1, 0.15) is 25.8 Å². The van der Waals surface area contributed by atoms with Crippen LogP contribution in [0.5, 0.6) is 0 Å². The second-order valence-corrected chi connectivity index (χ2v) is 3.66. The summed E-state index contributed by atoms with van der Waals surface area (Å²) >= 11 is 0. The van der Waals surface area contributed by atoms with Crippen LogP contribution < -0.4 is 0 Å². The minimum Gasteiger partial charge on any atom is -0.374 e. The molecule has 0 amide bonds. The molecule has 0 aliphatic heterocycles. The molecule has 0 N–H and O–H groups in total. The average molecular weight is 226 g/mol. The summed E-state index contributed by atoms with van der Waals surface area (Å²) in [5.74, 6) is -0.946. The normalized spacial score (nSPS) is 12.5. The van der Waals surface area contributed by atoms with E-state index in [1.807, 2.05) is 6.92 Å². The molecule has 0 aliphatic carbocycles. The van der Waals surface area contributed by atoms with Crippen LogP contribution in [-0.2, 0) is 4.74 Å². The van der Waals surface area contributed by atoms with E-state index in [0.717, 1.165) is 24.6 Å². The topological polar surface area (TPSA) is 9.23 Å². The first-order valence-corrected chi connectivity index (χ1v) is 5.32. The van der Waals surface area contributed by atoms with Crippen LogP contribution in [0.25, 0.3) is 5.57 Å². The summed E-state index contributed by atoms with van der Waals surface area (Å²) in [5, 5.41) is 0. The molecule has 1 rings (SSSR count). The monoisotopic (exact) mass is 226 g/mol. The van der Waals surface area contributed by atoms with E-state index in [1.54, 1.807) is 6.92 Å². The molecule has 0 aliphatic rings. The number of halogens is 2. The van der Waals surface area contributed by atoms with Crippen molar-refractivity contribution in [2.75, 3.05) is 6.61 Å². The van der Waals surface area contributed by atoms with Gasteiger partial charge in [0.25, 0.3) is 0 Å². The van der Waals surface area contributed by atoms with Crippen LogP contribution in [0.4, 0.5) is 8.78 Å². The second kappa shape index (κ2) is 5.75. The van der Waals surface area contributed by atoms with Crippen LogP contribution >= 0.6 is 0 Å². The largest absolute Gasteiger partial charge is 0.374 e. The fourth-order valence-electron chi connectivity index (χ4n) is 1.36. The van der Waals surface area contributed by atoms with Gasteiger partial charge >= 0.3 is 0 Å². The predicted octanol–water partition coefficient (Wildman–Crippen LogP) is 3.79. The first kappa shape index (κ1) is 12.8. The summed E-state index contributed by atoms with van der Waals surface area (Å²) in [5.41, 5.74) is 0.647. The molecule has 0 unspecified atom stereocenters. The Kier molecular flexibility index (Phi) is 4.62. The summed E-state index contributed by atoms with van der Waals surface area (Å²) in [6, 6.07) is 3.33. The number of ether oxygens (including phenoxy) is 1. The van der Waals surface area contributed by atoms with Gasteiger partial charge in [-0.2, -0.15) is 0 Å². The summed E-state index contributed by atoms with van der Waals surface area (Å²) in [4.78, 5) is 0. The van der Waals surface area contributed by atoms with Gasteiger partial charge in [0, 0.05) is 12.2 Å². The van der Waals surface area contributed by atoms with E-state index in [1.165, 1.54) is 0 Å². The number of rotatable bonds is 5. The van der Waals surface area contributed by atoms with E-state index in [4.69, 9.17) is 4.74 Å². The highest BCUT2D eigenvalue weighted by Gasteiger charge is 2.13. The van der Waals surface area contributed by atoms with E-state index in [2.05, 4.69) is 6.58 Å². The Bertz CT molecular complexity index is 374. The van der Waals surface area contributed by atoms with Crippen LogP contribution in [0, 0.1) is 11.6 Å². The van der Waals surface area contributed by atoms with Gasteiger partial charge < -0.3 is 4.74 Å². The molecule has 1 aromatic carbocycles. The SMILES string of the molecule is C=C(c1cc(F)ccc1F)[C@H](C)OCCC. The molecule has 3 heteroatoms. The van der Waals surface area contributed by atoms with Crippen molar-refractivity contribution in [3.63, 3.8) is 0 Å². The van der Waals surface area contributed by atoms with Gasteiger partial charge in [0.1, 0.15) is 11.6 Å². The molecule has 1 atom stereocenters. The standard InChI is InChI=1S/C13H16F2O/c1-4-7-16-10(3)9(2)12-8-11(14)5-6-13(12)15/h5-6,8,10H,2,4,7H2,1,3H3/t10-/m0/s1. The summed E-state index contributed by atoms with van der Waals surface area (Å²) < 4.78 is 31.8. The quantitative estimate of drug-likeness (QED) is 0.742. The Morgan fingerprint density at radius 1 is 1.44 bits per heavy atom. The zero-order valence-electron chi connectivity index (χ0n) is 9.59. The lowest BCUT2D eigenvalue weighted by Crippen LogP contribution is -2.11. The van der Waals surface area contributed by atoms with Crippen molar-refractivity contribution in [1.82, 2.24) is 0 Å². The third-order valence-electron chi connectivity index (χ3n) is 2.34. The maximum absolute atomic E-state index is 13.4. The zero-order chi connectivity index (χ0) is 12.1. The highest BCUT2D eigenvalue weighted by Crippen LogP contribution is 2.22. The smallest absolute Gasteiger partial charge is 0.130 e. The highest BCUT2D eigenvalue weighted by molar-refractivity contribution is 5.66. The van der Waals surface area contributed by atoms with Gasteiger partial charge in [0.2, 0.25) is 0 Å². The first-order valence-electron chi connectivity index (χ1n) is 5.32. The van der Waals surface area contributed by atoms with E-state index >= 15 is 0 Å². The van der Waals surface area contributed by atoms with Gasteiger partial charge in [-0.25, -0.2) is 8.78 Å². The Balaban J connectivity index is 2.83. The summed E-state index contributed by atoms with van der Waals surface area (Å²) in [7, 11) is 0. The zero-order valence-corrected chi connectivity index (χ0v) is 9.59. The highest BCUT2D eigenvalue weighted by atomic mass is 19.1. The van der Waals surface area contributed by atoms with E-state index in [9.17, 15) is 8.78 Å². The molecule has 88 valence electrons. The maximum Gasteiger partial charge on any atom is 0.130 e. The molecule has 0 aromatic heterocycles. The summed E-state index contributed by atoms with van der Waals surface area (Å²) in [6.07, 6.45) is 0.569. The van der Waals surface area contributed by atoms with Crippen molar-refractivity contribution in [2.24, 2.45) is 0 Å². The molecule has 0 saturated heterocycles. The third kappa shape index (κ3) is 3.14. The molecule has 0 heterocycles. The van der Waals surface area contributed by atoms with E-state index in [0.29, 0.717) is 12.2 Å². The molecule has 1 nitrogen and oxygen atoms in total. The molecule has 16 heavy (non-hydrogen) atoms. The Hall–Kier alpha value is -1.22. The first-order chi connectivity index (χ1) is 7.56. The number of hydrogen-bond donors (Lipinski definition) is 0. The van der Waals surface area contributed by atoms with Crippen LogP contribution in [0.2, 0.25) is 0 Å². The van der Waals surface area contributed by atoms with Crippen molar-refractivity contribution in [3.05, 3.63) is 42.0 Å². The lowest BCUT2D eigenvalue weighted by atomic mass is 10.0. The minimum atomic E-state index is -0.474. The van der Waals surface area contributed by atoms with Gasteiger partial charge in [0.15, 0.2) is 0 Å². The second-order valence-electron chi connectivity index (χ2n) is 3.66. The van der Waals surface area contributed by atoms with Gasteiger partial charge in [0.05, 0.1) is 6.10 Å². The van der Waals surface area contributed by atoms with Crippen molar-refractivity contribution in [3.8, 4) is 0 Å². The molecule has 1 aromatic rings. The predicted molar refractivity (Wildman–Crippen MR) is 61.1 cm³/mol. The lowest BCUT2D eigenvalue weighted by Gasteiger charge is -2.16. The van der Waals surface area contributed by atoms with Crippen molar-refractivity contribution in [1.29, 1.82) is 0 Å². The molecular formula is C13H16F2O. The van der Waals surface area contributed by atoms with Gasteiger partial charge in [-0.15, -0.1) is 0 Å². The fourth-order valence-corrected chi connectivity index (χ4v) is 1.36. The average Bonchev–Trinajstić information content (AvgIpc) is 2.28. The molecule has 0 fully saturated rings. The van der Waals surface area contributed by atoms with Gasteiger partial charge in [-0.05, 0) is 37.1 Å².